The fraction of sp³-hybridized carbons (Fsp3) is 0.556. The van der Waals surface area contributed by atoms with Crippen molar-refractivity contribution in [2.24, 2.45) is 14.1 Å². The zero-order chi connectivity index (χ0) is 18.8. The van der Waals surface area contributed by atoms with Gasteiger partial charge in [-0.15, -0.1) is 0 Å². The number of rotatable bonds is 4. The van der Waals surface area contributed by atoms with Crippen LogP contribution in [-0.4, -0.2) is 43.4 Å². The van der Waals surface area contributed by atoms with Crippen molar-refractivity contribution in [3.05, 3.63) is 22.6 Å². The van der Waals surface area contributed by atoms with Crippen LogP contribution in [0.3, 0.4) is 0 Å². The zero-order valence-corrected chi connectivity index (χ0v) is 15.5. The van der Waals surface area contributed by atoms with Crippen LogP contribution in [0.1, 0.15) is 39.0 Å². The number of carbonyl (C=O) groups excluding carboxylic acids is 2. The van der Waals surface area contributed by atoms with E-state index in [1.165, 1.54) is 9.13 Å². The van der Waals surface area contributed by atoms with Crippen LogP contribution in [0.25, 0.3) is 11.2 Å². The third-order valence-corrected chi connectivity index (χ3v) is 5.06. The van der Waals surface area contributed by atoms with Gasteiger partial charge in [-0.2, -0.15) is 0 Å². The molecule has 3 heterocycles. The number of piperidine rings is 1. The van der Waals surface area contributed by atoms with Crippen molar-refractivity contribution in [1.82, 2.24) is 19.0 Å². The molecule has 1 fully saturated rings. The minimum Gasteiger partial charge on any atom is -0.340 e. The van der Waals surface area contributed by atoms with Crippen LogP contribution < -0.4 is 11.0 Å². The normalized spacial score (nSPS) is 17.5. The van der Waals surface area contributed by atoms with E-state index in [1.807, 2.05) is 4.90 Å². The summed E-state index contributed by atoms with van der Waals surface area (Å²) < 4.78 is 2.94. The number of nitrogens with one attached hydrogen (secondary N) is 1. The van der Waals surface area contributed by atoms with Crippen LogP contribution in [0, 0.1) is 0 Å². The first-order chi connectivity index (χ1) is 12.4. The Kier molecular flexibility index (Phi) is 5.11. The molecule has 140 valence electrons. The Balaban J connectivity index is 1.61. The third kappa shape index (κ3) is 3.49. The molecule has 1 unspecified atom stereocenters. The maximum Gasteiger partial charge on any atom is 0.329 e. The van der Waals surface area contributed by atoms with Crippen molar-refractivity contribution < 1.29 is 9.59 Å². The smallest absolute Gasteiger partial charge is 0.329 e. The van der Waals surface area contributed by atoms with E-state index in [-0.39, 0.29) is 36.4 Å². The molecule has 2 amide bonds. The van der Waals surface area contributed by atoms with E-state index in [0.29, 0.717) is 17.0 Å². The molecule has 0 aliphatic carbocycles. The van der Waals surface area contributed by atoms with Gasteiger partial charge < -0.3 is 10.2 Å². The Labute approximate surface area is 151 Å². The van der Waals surface area contributed by atoms with Gasteiger partial charge in [-0.1, -0.05) is 0 Å². The van der Waals surface area contributed by atoms with Crippen molar-refractivity contribution in [2.75, 3.05) is 11.9 Å². The number of nitrogens with zero attached hydrogens (tertiary/aromatic N) is 4. The Morgan fingerprint density at radius 2 is 1.96 bits per heavy atom. The highest BCUT2D eigenvalue weighted by Gasteiger charge is 2.23. The summed E-state index contributed by atoms with van der Waals surface area (Å²) in [6.07, 6.45) is 3.53. The number of hydrogen-bond donors (Lipinski definition) is 1. The summed E-state index contributed by atoms with van der Waals surface area (Å²) in [7, 11) is 3.32. The second-order valence-corrected chi connectivity index (χ2v) is 6.92. The molecule has 1 atom stereocenters. The van der Waals surface area contributed by atoms with Crippen LogP contribution in [0.15, 0.2) is 16.9 Å². The van der Waals surface area contributed by atoms with Gasteiger partial charge in [0.15, 0.2) is 5.65 Å². The number of aromatic nitrogens is 3. The van der Waals surface area contributed by atoms with Gasteiger partial charge in [-0.25, -0.2) is 9.78 Å². The molecule has 1 aliphatic rings. The summed E-state index contributed by atoms with van der Waals surface area (Å²) in [5.41, 5.74) is 1.04. The van der Waals surface area contributed by atoms with Gasteiger partial charge in [0, 0.05) is 39.5 Å². The van der Waals surface area contributed by atoms with E-state index in [1.54, 1.807) is 26.2 Å². The van der Waals surface area contributed by atoms with Gasteiger partial charge in [0.2, 0.25) is 11.8 Å². The lowest BCUT2D eigenvalue weighted by atomic mass is 10.0. The fourth-order valence-corrected chi connectivity index (χ4v) is 3.48. The van der Waals surface area contributed by atoms with Crippen molar-refractivity contribution in [2.45, 2.75) is 45.1 Å². The number of hydrogen-bond acceptors (Lipinski definition) is 4. The van der Waals surface area contributed by atoms with Crippen LogP contribution in [0.5, 0.6) is 0 Å². The molecule has 8 nitrogen and oxygen atoms in total. The molecule has 1 saturated heterocycles. The van der Waals surface area contributed by atoms with Crippen molar-refractivity contribution >= 4 is 28.8 Å². The quantitative estimate of drug-likeness (QED) is 0.893. The van der Waals surface area contributed by atoms with E-state index in [9.17, 15) is 14.4 Å². The van der Waals surface area contributed by atoms with Crippen molar-refractivity contribution in [3.8, 4) is 0 Å². The number of fused-ring (bicyclic) bond motifs is 1. The topological polar surface area (TPSA) is 89.2 Å². The number of aryl methyl sites for hydroxylation is 2. The number of likely N-dealkylation sites (tertiary alicyclic amines) is 1. The summed E-state index contributed by atoms with van der Waals surface area (Å²) >= 11 is 0. The summed E-state index contributed by atoms with van der Waals surface area (Å²) in [5.74, 6) is 0.152. The van der Waals surface area contributed by atoms with Gasteiger partial charge in [0.1, 0.15) is 5.82 Å². The maximum absolute atomic E-state index is 12.3. The summed E-state index contributed by atoms with van der Waals surface area (Å²) in [6.45, 7) is 2.84. The minimum atomic E-state index is -0.254. The molecule has 26 heavy (non-hydrogen) atoms. The van der Waals surface area contributed by atoms with Crippen molar-refractivity contribution in [3.63, 3.8) is 0 Å². The molecule has 0 radical (unpaired) electrons. The monoisotopic (exact) mass is 359 g/mol. The van der Waals surface area contributed by atoms with Crippen LogP contribution >= 0.6 is 0 Å². The third-order valence-electron chi connectivity index (χ3n) is 5.06. The Morgan fingerprint density at radius 3 is 2.69 bits per heavy atom. The average Bonchev–Trinajstić information content (AvgIpc) is 2.84. The van der Waals surface area contributed by atoms with Crippen molar-refractivity contribution in [1.29, 1.82) is 0 Å². The Bertz CT molecular complexity index is 898. The molecular formula is C18H25N5O3. The second kappa shape index (κ2) is 7.31. The van der Waals surface area contributed by atoms with E-state index >= 15 is 0 Å². The predicted molar refractivity (Wildman–Crippen MR) is 98.8 cm³/mol. The molecule has 0 saturated carbocycles. The highest BCUT2D eigenvalue weighted by Crippen LogP contribution is 2.18. The first-order valence-corrected chi connectivity index (χ1v) is 9.00. The standard InChI is InChI=1S/C18H25N5O3/c1-12-6-4-5-11-23(12)16(25)10-9-15(24)19-14-8-7-13-17(20-14)22(3)18(26)21(13)2/h7-8,12H,4-6,9-11H2,1-3H3,(H,19,20,24). The molecule has 2 aromatic rings. The van der Waals surface area contributed by atoms with Gasteiger partial charge in [-0.05, 0) is 38.3 Å². The highest BCUT2D eigenvalue weighted by molar-refractivity contribution is 5.93. The van der Waals surface area contributed by atoms with Gasteiger partial charge >= 0.3 is 5.69 Å². The highest BCUT2D eigenvalue weighted by atomic mass is 16.2. The zero-order valence-electron chi connectivity index (χ0n) is 15.5. The van der Waals surface area contributed by atoms with E-state index in [0.717, 1.165) is 25.8 Å². The molecule has 0 bridgehead atoms. The second-order valence-electron chi connectivity index (χ2n) is 6.92. The molecular weight excluding hydrogens is 334 g/mol. The molecule has 0 aromatic carbocycles. The summed E-state index contributed by atoms with van der Waals surface area (Å²) in [5, 5.41) is 2.71. The predicted octanol–water partition coefficient (Wildman–Crippen LogP) is 1.39. The van der Waals surface area contributed by atoms with E-state index < -0.39 is 0 Å². The Morgan fingerprint density at radius 1 is 1.19 bits per heavy atom. The van der Waals surface area contributed by atoms with Gasteiger partial charge in [0.25, 0.3) is 0 Å². The minimum absolute atomic E-state index is 0.0289. The molecule has 1 aliphatic heterocycles. The lowest BCUT2D eigenvalue weighted by Crippen LogP contribution is -2.42. The Hall–Kier alpha value is -2.64. The van der Waals surface area contributed by atoms with E-state index in [2.05, 4.69) is 17.2 Å². The largest absolute Gasteiger partial charge is 0.340 e. The number of carbonyl (C=O) groups is 2. The van der Waals surface area contributed by atoms with E-state index in [4.69, 9.17) is 0 Å². The summed E-state index contributed by atoms with van der Waals surface area (Å²) in [4.78, 5) is 42.6. The first kappa shape index (κ1) is 18.2. The van der Waals surface area contributed by atoms with Crippen LogP contribution in [0.2, 0.25) is 0 Å². The molecule has 3 rings (SSSR count). The molecule has 0 spiro atoms. The SMILES string of the molecule is CC1CCCCN1C(=O)CCC(=O)Nc1ccc2c(n1)n(C)c(=O)n2C. The molecule has 2 aromatic heterocycles. The first-order valence-electron chi connectivity index (χ1n) is 9.00. The number of pyridine rings is 1. The van der Waals surface area contributed by atoms with Gasteiger partial charge in [0.05, 0.1) is 5.52 Å². The number of amides is 2. The maximum atomic E-state index is 12.3. The number of imidazole rings is 1. The summed E-state index contributed by atoms with van der Waals surface area (Å²) in [6, 6.07) is 3.66. The molecule has 8 heteroatoms. The lowest BCUT2D eigenvalue weighted by molar-refractivity contribution is -0.135. The lowest BCUT2D eigenvalue weighted by Gasteiger charge is -2.33. The van der Waals surface area contributed by atoms with Crippen LogP contribution in [0.4, 0.5) is 5.82 Å². The molecule has 1 N–H and O–H groups in total. The average molecular weight is 359 g/mol. The van der Waals surface area contributed by atoms with Gasteiger partial charge in [-0.3, -0.25) is 18.7 Å². The van der Waals surface area contributed by atoms with Crippen LogP contribution in [-0.2, 0) is 23.7 Å². The fourth-order valence-electron chi connectivity index (χ4n) is 3.48. The number of anilines is 1.